The molecule has 0 aromatic heterocycles. The van der Waals surface area contributed by atoms with E-state index < -0.39 is 12.1 Å². The van der Waals surface area contributed by atoms with Gasteiger partial charge in [0.05, 0.1) is 0 Å². The summed E-state index contributed by atoms with van der Waals surface area (Å²) >= 11 is 0. The Kier molecular flexibility index (Phi) is 4.79. The van der Waals surface area contributed by atoms with Gasteiger partial charge in [-0.15, -0.1) is 0 Å². The van der Waals surface area contributed by atoms with Crippen LogP contribution in [-0.4, -0.2) is 24.5 Å². The molecule has 2 aromatic rings. The lowest BCUT2D eigenvalue weighted by molar-refractivity contribution is -0.120. The van der Waals surface area contributed by atoms with E-state index in [9.17, 15) is 9.59 Å². The number of amides is 3. The SMILES string of the molecule is C[C@H](C(=O)NC(=O)NCc1ccccc1)N1CCc2ccccc21. The van der Waals surface area contributed by atoms with Crippen LogP contribution >= 0.6 is 0 Å². The second-order valence-electron chi connectivity index (χ2n) is 5.91. The van der Waals surface area contributed by atoms with Crippen LogP contribution in [-0.2, 0) is 17.8 Å². The van der Waals surface area contributed by atoms with Gasteiger partial charge in [0.2, 0.25) is 5.91 Å². The molecule has 0 fully saturated rings. The molecule has 0 spiro atoms. The van der Waals surface area contributed by atoms with Gasteiger partial charge >= 0.3 is 6.03 Å². The molecule has 3 rings (SSSR count). The second kappa shape index (κ2) is 7.17. The van der Waals surface area contributed by atoms with Crippen molar-refractivity contribution in [2.24, 2.45) is 0 Å². The molecular formula is C19H21N3O2. The van der Waals surface area contributed by atoms with E-state index in [2.05, 4.69) is 16.7 Å². The molecule has 3 amide bonds. The first-order chi connectivity index (χ1) is 11.6. The number of rotatable bonds is 4. The molecule has 1 aliphatic rings. The zero-order valence-electron chi connectivity index (χ0n) is 13.7. The third kappa shape index (κ3) is 3.56. The number of nitrogens with one attached hydrogen (secondary N) is 2. The zero-order valence-corrected chi connectivity index (χ0v) is 13.7. The quantitative estimate of drug-likeness (QED) is 0.908. The van der Waals surface area contributed by atoms with Gasteiger partial charge in [0.25, 0.3) is 0 Å². The van der Waals surface area contributed by atoms with E-state index in [0.29, 0.717) is 6.54 Å². The Hall–Kier alpha value is -2.82. The van der Waals surface area contributed by atoms with E-state index in [1.807, 2.05) is 60.4 Å². The number of para-hydroxylation sites is 1. The van der Waals surface area contributed by atoms with Gasteiger partial charge in [0.15, 0.2) is 0 Å². The molecule has 2 aromatic carbocycles. The first-order valence-corrected chi connectivity index (χ1v) is 8.12. The van der Waals surface area contributed by atoms with E-state index in [4.69, 9.17) is 0 Å². The molecule has 24 heavy (non-hydrogen) atoms. The number of carbonyl (C=O) groups is 2. The Bertz CT molecular complexity index is 730. The van der Waals surface area contributed by atoms with E-state index in [1.165, 1.54) is 5.56 Å². The molecule has 2 N–H and O–H groups in total. The van der Waals surface area contributed by atoms with Crippen molar-refractivity contribution in [1.82, 2.24) is 10.6 Å². The maximum atomic E-state index is 12.3. The number of benzene rings is 2. The van der Waals surface area contributed by atoms with Gasteiger partial charge in [-0.25, -0.2) is 4.79 Å². The lowest BCUT2D eigenvalue weighted by atomic mass is 10.1. The third-order valence-electron chi connectivity index (χ3n) is 4.30. The van der Waals surface area contributed by atoms with Crippen molar-refractivity contribution in [1.29, 1.82) is 0 Å². The average molecular weight is 323 g/mol. The molecular weight excluding hydrogens is 302 g/mol. The van der Waals surface area contributed by atoms with Gasteiger partial charge in [0.1, 0.15) is 6.04 Å². The minimum absolute atomic E-state index is 0.294. The molecule has 0 saturated heterocycles. The molecule has 0 radical (unpaired) electrons. The molecule has 0 saturated carbocycles. The summed E-state index contributed by atoms with van der Waals surface area (Å²) < 4.78 is 0. The largest absolute Gasteiger partial charge is 0.359 e. The number of nitrogens with zero attached hydrogens (tertiary/aromatic N) is 1. The smallest absolute Gasteiger partial charge is 0.321 e. The molecule has 0 bridgehead atoms. The Morgan fingerprint density at radius 1 is 1.08 bits per heavy atom. The highest BCUT2D eigenvalue weighted by Crippen LogP contribution is 2.29. The summed E-state index contributed by atoms with van der Waals surface area (Å²) in [5.41, 5.74) is 3.30. The Labute approximate surface area is 141 Å². The topological polar surface area (TPSA) is 61.4 Å². The van der Waals surface area contributed by atoms with Crippen LogP contribution in [0.3, 0.4) is 0 Å². The van der Waals surface area contributed by atoms with Crippen LogP contribution in [0.15, 0.2) is 54.6 Å². The third-order valence-corrected chi connectivity index (χ3v) is 4.30. The lowest BCUT2D eigenvalue weighted by Gasteiger charge is -2.26. The maximum Gasteiger partial charge on any atom is 0.321 e. The van der Waals surface area contributed by atoms with Crippen LogP contribution in [0.2, 0.25) is 0 Å². The first-order valence-electron chi connectivity index (χ1n) is 8.12. The summed E-state index contributed by atoms with van der Waals surface area (Å²) in [6, 6.07) is 16.8. The van der Waals surface area contributed by atoms with E-state index in [0.717, 1.165) is 24.2 Å². The second-order valence-corrected chi connectivity index (χ2v) is 5.91. The molecule has 5 nitrogen and oxygen atoms in total. The van der Waals surface area contributed by atoms with Gasteiger partial charge < -0.3 is 10.2 Å². The Morgan fingerprint density at radius 2 is 1.79 bits per heavy atom. The van der Waals surface area contributed by atoms with Crippen molar-refractivity contribution in [3.63, 3.8) is 0 Å². The van der Waals surface area contributed by atoms with E-state index >= 15 is 0 Å². The van der Waals surface area contributed by atoms with Crippen molar-refractivity contribution in [3.05, 3.63) is 65.7 Å². The fourth-order valence-corrected chi connectivity index (χ4v) is 2.95. The van der Waals surface area contributed by atoms with Crippen molar-refractivity contribution in [2.75, 3.05) is 11.4 Å². The van der Waals surface area contributed by atoms with Gasteiger partial charge in [-0.05, 0) is 30.5 Å². The minimum atomic E-state index is -0.469. The number of hydrogen-bond donors (Lipinski definition) is 2. The summed E-state index contributed by atoms with van der Waals surface area (Å²) in [6.45, 7) is 3.00. The molecule has 1 aliphatic heterocycles. The zero-order chi connectivity index (χ0) is 16.9. The van der Waals surface area contributed by atoms with Gasteiger partial charge in [-0.3, -0.25) is 10.1 Å². The number of urea groups is 1. The molecule has 1 heterocycles. The summed E-state index contributed by atoms with van der Waals surface area (Å²) in [5, 5.41) is 5.13. The fraction of sp³-hybridized carbons (Fsp3) is 0.263. The monoisotopic (exact) mass is 323 g/mol. The number of hydrogen-bond acceptors (Lipinski definition) is 3. The van der Waals surface area contributed by atoms with Gasteiger partial charge in [0, 0.05) is 18.8 Å². The van der Waals surface area contributed by atoms with Crippen LogP contribution in [0.1, 0.15) is 18.1 Å². The molecule has 1 atom stereocenters. The molecule has 0 unspecified atom stereocenters. The van der Waals surface area contributed by atoms with E-state index in [1.54, 1.807) is 0 Å². The van der Waals surface area contributed by atoms with Crippen LogP contribution < -0.4 is 15.5 Å². The lowest BCUT2D eigenvalue weighted by Crippen LogP contribution is -2.49. The Morgan fingerprint density at radius 3 is 2.58 bits per heavy atom. The summed E-state index contributed by atoms with van der Waals surface area (Å²) in [4.78, 5) is 26.3. The Balaban J connectivity index is 1.54. The minimum Gasteiger partial charge on any atom is -0.359 e. The standard InChI is InChI=1S/C19H21N3O2/c1-14(22-12-11-16-9-5-6-10-17(16)22)18(23)21-19(24)20-13-15-7-3-2-4-8-15/h2-10,14H,11-13H2,1H3,(H2,20,21,23,24)/t14-/m1/s1. The predicted molar refractivity (Wildman–Crippen MR) is 93.8 cm³/mol. The summed E-state index contributed by atoms with van der Waals surface area (Å²) in [6.07, 6.45) is 0.925. The van der Waals surface area contributed by atoms with Crippen LogP contribution in [0.4, 0.5) is 10.5 Å². The van der Waals surface area contributed by atoms with Crippen molar-refractivity contribution < 1.29 is 9.59 Å². The normalized spacial score (nSPS) is 14.0. The van der Waals surface area contributed by atoms with Gasteiger partial charge in [-0.1, -0.05) is 48.5 Å². The van der Waals surface area contributed by atoms with Gasteiger partial charge in [-0.2, -0.15) is 0 Å². The number of imide groups is 1. The highest BCUT2D eigenvalue weighted by molar-refractivity contribution is 5.98. The van der Waals surface area contributed by atoms with Crippen LogP contribution in [0.25, 0.3) is 0 Å². The molecule has 0 aliphatic carbocycles. The highest BCUT2D eigenvalue weighted by atomic mass is 16.2. The summed E-state index contributed by atoms with van der Waals surface area (Å²) in [7, 11) is 0. The number of carbonyl (C=O) groups excluding carboxylic acids is 2. The van der Waals surface area contributed by atoms with E-state index in [-0.39, 0.29) is 5.91 Å². The first kappa shape index (κ1) is 16.1. The van der Waals surface area contributed by atoms with Crippen molar-refractivity contribution in [2.45, 2.75) is 25.9 Å². The van der Waals surface area contributed by atoms with Crippen molar-refractivity contribution >= 4 is 17.6 Å². The highest BCUT2D eigenvalue weighted by Gasteiger charge is 2.28. The molecule has 5 heteroatoms. The predicted octanol–water partition coefficient (Wildman–Crippen LogP) is 2.46. The van der Waals surface area contributed by atoms with Crippen LogP contribution in [0, 0.1) is 0 Å². The maximum absolute atomic E-state index is 12.3. The molecule has 124 valence electrons. The fourth-order valence-electron chi connectivity index (χ4n) is 2.95. The number of fused-ring (bicyclic) bond motifs is 1. The van der Waals surface area contributed by atoms with Crippen LogP contribution in [0.5, 0.6) is 0 Å². The number of anilines is 1. The van der Waals surface area contributed by atoms with Crippen molar-refractivity contribution in [3.8, 4) is 0 Å². The average Bonchev–Trinajstić information content (AvgIpc) is 3.04. The summed E-state index contributed by atoms with van der Waals surface area (Å²) in [5.74, 6) is -0.294.